The third-order valence-corrected chi connectivity index (χ3v) is 4.11. The number of carbonyl (C=O) groups is 3. The van der Waals surface area contributed by atoms with E-state index in [9.17, 15) is 14.4 Å². The lowest BCUT2D eigenvalue weighted by molar-refractivity contribution is -0.147. The van der Waals surface area contributed by atoms with Crippen LogP contribution in [-0.4, -0.2) is 37.0 Å². The zero-order chi connectivity index (χ0) is 19.9. The highest BCUT2D eigenvalue weighted by molar-refractivity contribution is 5.85. The molecule has 0 aliphatic heterocycles. The summed E-state index contributed by atoms with van der Waals surface area (Å²) in [5.74, 6) is -0.713. The van der Waals surface area contributed by atoms with Gasteiger partial charge in [0.2, 0.25) is 11.8 Å². The van der Waals surface area contributed by atoms with Gasteiger partial charge in [-0.1, -0.05) is 50.1 Å². The number of rotatable bonds is 13. The first kappa shape index (κ1) is 22.7. The Morgan fingerprint density at radius 3 is 2.41 bits per heavy atom. The molecule has 6 heteroatoms. The summed E-state index contributed by atoms with van der Waals surface area (Å²) in [6.07, 6.45) is 4.60. The topological polar surface area (TPSA) is 84.5 Å². The van der Waals surface area contributed by atoms with Crippen LogP contribution in [0.15, 0.2) is 30.3 Å². The summed E-state index contributed by atoms with van der Waals surface area (Å²) in [5, 5.41) is 5.62. The van der Waals surface area contributed by atoms with E-state index in [0.717, 1.165) is 24.8 Å². The van der Waals surface area contributed by atoms with Gasteiger partial charge < -0.3 is 15.4 Å². The van der Waals surface area contributed by atoms with Crippen LogP contribution in [0.1, 0.15) is 57.9 Å². The number of esters is 1. The standard InChI is InChI=1S/C21H32N2O4/c1-3-5-9-15-22-19(24)14-10-13-18(21(26)27-4-2)23-20(25)16-17-11-7-6-8-12-17/h6-8,11-12,18H,3-5,9-10,13-16H2,1-2H3,(H,22,24)(H,23,25)/t18-/m1/s1. The van der Waals surface area contributed by atoms with E-state index >= 15 is 0 Å². The van der Waals surface area contributed by atoms with Gasteiger partial charge in [-0.2, -0.15) is 0 Å². The van der Waals surface area contributed by atoms with E-state index in [1.165, 1.54) is 0 Å². The van der Waals surface area contributed by atoms with Crippen LogP contribution >= 0.6 is 0 Å². The molecule has 0 fully saturated rings. The van der Waals surface area contributed by atoms with Crippen molar-refractivity contribution in [3.05, 3.63) is 35.9 Å². The molecule has 0 heterocycles. The number of hydrogen-bond acceptors (Lipinski definition) is 4. The second kappa shape index (κ2) is 13.8. The normalized spacial score (nSPS) is 11.5. The Balaban J connectivity index is 2.43. The van der Waals surface area contributed by atoms with Crippen LogP contribution in [-0.2, 0) is 25.5 Å². The van der Waals surface area contributed by atoms with Crippen LogP contribution in [0.2, 0.25) is 0 Å². The monoisotopic (exact) mass is 376 g/mol. The van der Waals surface area contributed by atoms with E-state index < -0.39 is 12.0 Å². The number of hydrogen-bond donors (Lipinski definition) is 2. The fraction of sp³-hybridized carbons (Fsp3) is 0.571. The fourth-order valence-corrected chi connectivity index (χ4v) is 2.68. The molecule has 1 aromatic rings. The van der Waals surface area contributed by atoms with Crippen molar-refractivity contribution in [3.8, 4) is 0 Å². The summed E-state index contributed by atoms with van der Waals surface area (Å²) < 4.78 is 5.05. The molecular weight excluding hydrogens is 344 g/mol. The molecule has 0 aromatic heterocycles. The van der Waals surface area contributed by atoms with Gasteiger partial charge in [-0.3, -0.25) is 9.59 Å². The predicted octanol–water partition coefficient (Wildman–Crippen LogP) is 2.75. The van der Waals surface area contributed by atoms with Gasteiger partial charge in [-0.15, -0.1) is 0 Å². The first-order chi connectivity index (χ1) is 13.1. The summed E-state index contributed by atoms with van der Waals surface area (Å²) in [6, 6.07) is 8.61. The predicted molar refractivity (Wildman–Crippen MR) is 105 cm³/mol. The quantitative estimate of drug-likeness (QED) is 0.409. The Morgan fingerprint density at radius 1 is 1.00 bits per heavy atom. The molecule has 1 rings (SSSR count). The molecule has 0 aliphatic rings. The molecule has 1 aromatic carbocycles. The number of nitrogens with one attached hydrogen (secondary N) is 2. The molecule has 6 nitrogen and oxygen atoms in total. The maximum Gasteiger partial charge on any atom is 0.328 e. The van der Waals surface area contributed by atoms with Crippen molar-refractivity contribution >= 4 is 17.8 Å². The van der Waals surface area contributed by atoms with E-state index in [1.807, 2.05) is 30.3 Å². The first-order valence-electron chi connectivity index (χ1n) is 9.83. The minimum Gasteiger partial charge on any atom is -0.464 e. The van der Waals surface area contributed by atoms with Crippen molar-refractivity contribution in [1.82, 2.24) is 10.6 Å². The zero-order valence-electron chi connectivity index (χ0n) is 16.5. The van der Waals surface area contributed by atoms with Gasteiger partial charge >= 0.3 is 5.97 Å². The average molecular weight is 376 g/mol. The number of amides is 2. The summed E-state index contributed by atoms with van der Waals surface area (Å²) in [7, 11) is 0. The molecule has 0 bridgehead atoms. The van der Waals surface area contributed by atoms with Gasteiger partial charge in [0.05, 0.1) is 13.0 Å². The van der Waals surface area contributed by atoms with Gasteiger partial charge in [-0.25, -0.2) is 4.79 Å². The molecule has 0 saturated heterocycles. The number of carbonyl (C=O) groups excluding carboxylic acids is 3. The van der Waals surface area contributed by atoms with Crippen LogP contribution in [0.3, 0.4) is 0 Å². The highest BCUT2D eigenvalue weighted by Crippen LogP contribution is 2.06. The zero-order valence-corrected chi connectivity index (χ0v) is 16.5. The molecular formula is C21H32N2O4. The van der Waals surface area contributed by atoms with E-state index in [2.05, 4.69) is 17.6 Å². The van der Waals surface area contributed by atoms with Crippen LogP contribution in [0.25, 0.3) is 0 Å². The van der Waals surface area contributed by atoms with Crippen molar-refractivity contribution in [2.75, 3.05) is 13.2 Å². The second-order valence-electron chi connectivity index (χ2n) is 6.48. The van der Waals surface area contributed by atoms with Crippen molar-refractivity contribution < 1.29 is 19.1 Å². The van der Waals surface area contributed by atoms with Crippen LogP contribution in [0, 0.1) is 0 Å². The molecule has 1 atom stereocenters. The van der Waals surface area contributed by atoms with Crippen molar-refractivity contribution in [2.24, 2.45) is 0 Å². The molecule has 0 aliphatic carbocycles. The van der Waals surface area contributed by atoms with E-state index in [4.69, 9.17) is 4.74 Å². The Kier molecular flexibility index (Phi) is 11.6. The molecule has 0 unspecified atom stereocenters. The minimum absolute atomic E-state index is 0.0238. The summed E-state index contributed by atoms with van der Waals surface area (Å²) in [6.45, 7) is 4.78. The van der Waals surface area contributed by atoms with Crippen molar-refractivity contribution in [2.45, 2.75) is 64.8 Å². The lowest BCUT2D eigenvalue weighted by atomic mass is 10.1. The van der Waals surface area contributed by atoms with E-state index in [-0.39, 0.29) is 24.8 Å². The molecule has 0 spiro atoms. The molecule has 2 amide bonds. The summed E-state index contributed by atoms with van der Waals surface area (Å²) in [5.41, 5.74) is 0.879. The van der Waals surface area contributed by atoms with Gasteiger partial charge in [-0.05, 0) is 31.7 Å². The SMILES string of the molecule is CCCCCNC(=O)CCC[C@@H](NC(=O)Cc1ccccc1)C(=O)OCC. The third-order valence-electron chi connectivity index (χ3n) is 4.11. The molecule has 27 heavy (non-hydrogen) atoms. The Labute approximate surface area is 162 Å². The van der Waals surface area contributed by atoms with Crippen LogP contribution in [0.5, 0.6) is 0 Å². The Bertz CT molecular complexity index is 575. The lowest BCUT2D eigenvalue weighted by Gasteiger charge is -2.17. The molecule has 150 valence electrons. The smallest absolute Gasteiger partial charge is 0.328 e. The van der Waals surface area contributed by atoms with E-state index in [1.54, 1.807) is 6.92 Å². The number of unbranched alkanes of at least 4 members (excludes halogenated alkanes) is 2. The summed E-state index contributed by atoms with van der Waals surface area (Å²) in [4.78, 5) is 36.2. The van der Waals surface area contributed by atoms with Gasteiger partial charge in [0.15, 0.2) is 0 Å². The van der Waals surface area contributed by atoms with Crippen molar-refractivity contribution in [3.63, 3.8) is 0 Å². The van der Waals surface area contributed by atoms with E-state index in [0.29, 0.717) is 25.8 Å². The highest BCUT2D eigenvalue weighted by Gasteiger charge is 2.22. The van der Waals surface area contributed by atoms with Gasteiger partial charge in [0, 0.05) is 13.0 Å². The maximum atomic E-state index is 12.2. The number of benzene rings is 1. The van der Waals surface area contributed by atoms with Gasteiger partial charge in [0.25, 0.3) is 0 Å². The second-order valence-corrected chi connectivity index (χ2v) is 6.48. The fourth-order valence-electron chi connectivity index (χ4n) is 2.68. The van der Waals surface area contributed by atoms with Crippen LogP contribution in [0.4, 0.5) is 0 Å². The maximum absolute atomic E-state index is 12.2. The average Bonchev–Trinajstić information content (AvgIpc) is 2.65. The largest absolute Gasteiger partial charge is 0.464 e. The summed E-state index contributed by atoms with van der Waals surface area (Å²) >= 11 is 0. The number of ether oxygens (including phenoxy) is 1. The minimum atomic E-state index is -0.728. The molecule has 2 N–H and O–H groups in total. The third kappa shape index (κ3) is 10.4. The Hall–Kier alpha value is -2.37. The highest BCUT2D eigenvalue weighted by atomic mass is 16.5. The Morgan fingerprint density at radius 2 is 1.74 bits per heavy atom. The van der Waals surface area contributed by atoms with Gasteiger partial charge in [0.1, 0.15) is 6.04 Å². The first-order valence-corrected chi connectivity index (χ1v) is 9.83. The van der Waals surface area contributed by atoms with Crippen molar-refractivity contribution in [1.29, 1.82) is 0 Å². The molecule has 0 radical (unpaired) electrons. The van der Waals surface area contributed by atoms with Crippen LogP contribution < -0.4 is 10.6 Å². The molecule has 0 saturated carbocycles. The lowest BCUT2D eigenvalue weighted by Crippen LogP contribution is -2.42.